The first-order valence-corrected chi connectivity index (χ1v) is 8.39. The third kappa shape index (κ3) is 5.73. The lowest BCUT2D eigenvalue weighted by atomic mass is 10.0. The van der Waals surface area contributed by atoms with E-state index >= 15 is 0 Å². The summed E-state index contributed by atoms with van der Waals surface area (Å²) in [7, 11) is 0. The van der Waals surface area contributed by atoms with Gasteiger partial charge in [-0.25, -0.2) is 0 Å². The van der Waals surface area contributed by atoms with E-state index in [1.165, 1.54) is 5.56 Å². The van der Waals surface area contributed by atoms with Crippen LogP contribution in [0.3, 0.4) is 0 Å². The van der Waals surface area contributed by atoms with E-state index < -0.39 is 0 Å². The molecule has 0 spiro atoms. The van der Waals surface area contributed by atoms with E-state index in [1.807, 2.05) is 30.6 Å². The summed E-state index contributed by atoms with van der Waals surface area (Å²) < 4.78 is 0. The standard InChI is InChI=1S/C19H28N4/c1-14-7-6-12-22-19(14)13-17(20)10-9-15(2)23-16(3)18-8-4-5-11-21-18/h4-8,11-12,15-17,23H,9-10,13,20H2,1-3H3. The van der Waals surface area contributed by atoms with Gasteiger partial charge in [0.05, 0.1) is 5.69 Å². The highest BCUT2D eigenvalue weighted by atomic mass is 15.0. The average Bonchev–Trinajstić information content (AvgIpc) is 2.56. The predicted octanol–water partition coefficient (Wildman–Crippen LogP) is 3.17. The molecule has 0 saturated carbocycles. The molecule has 4 heteroatoms. The Morgan fingerprint density at radius 1 is 1.04 bits per heavy atom. The molecule has 23 heavy (non-hydrogen) atoms. The maximum absolute atomic E-state index is 6.28. The minimum absolute atomic E-state index is 0.151. The van der Waals surface area contributed by atoms with Gasteiger partial charge in [-0.3, -0.25) is 9.97 Å². The molecule has 0 radical (unpaired) electrons. The van der Waals surface area contributed by atoms with Crippen LogP contribution in [0.4, 0.5) is 0 Å². The first kappa shape index (κ1) is 17.6. The van der Waals surface area contributed by atoms with E-state index in [1.54, 1.807) is 0 Å². The van der Waals surface area contributed by atoms with Crippen molar-refractivity contribution in [3.63, 3.8) is 0 Å². The van der Waals surface area contributed by atoms with E-state index in [-0.39, 0.29) is 12.1 Å². The van der Waals surface area contributed by atoms with Gasteiger partial charge >= 0.3 is 0 Å². The van der Waals surface area contributed by atoms with Gasteiger partial charge < -0.3 is 11.1 Å². The highest BCUT2D eigenvalue weighted by molar-refractivity contribution is 5.18. The first-order chi connectivity index (χ1) is 11.1. The second-order valence-corrected chi connectivity index (χ2v) is 6.35. The van der Waals surface area contributed by atoms with Crippen LogP contribution >= 0.6 is 0 Å². The van der Waals surface area contributed by atoms with Crippen LogP contribution in [0.15, 0.2) is 42.7 Å². The first-order valence-electron chi connectivity index (χ1n) is 8.39. The highest BCUT2D eigenvalue weighted by Crippen LogP contribution is 2.13. The van der Waals surface area contributed by atoms with E-state index in [0.717, 1.165) is 30.7 Å². The van der Waals surface area contributed by atoms with Crippen molar-refractivity contribution < 1.29 is 0 Å². The lowest BCUT2D eigenvalue weighted by Gasteiger charge is -2.21. The monoisotopic (exact) mass is 312 g/mol. The SMILES string of the molecule is Cc1cccnc1CC(N)CCC(C)NC(C)c1ccccn1. The molecule has 0 fully saturated rings. The summed E-state index contributed by atoms with van der Waals surface area (Å²) in [5, 5.41) is 3.59. The van der Waals surface area contributed by atoms with Crippen LogP contribution in [0, 0.1) is 6.92 Å². The summed E-state index contributed by atoms with van der Waals surface area (Å²) in [6.45, 7) is 6.45. The van der Waals surface area contributed by atoms with Gasteiger partial charge in [0.25, 0.3) is 0 Å². The maximum atomic E-state index is 6.28. The Bertz CT molecular complexity index is 585. The second-order valence-electron chi connectivity index (χ2n) is 6.35. The summed E-state index contributed by atoms with van der Waals surface area (Å²) in [4.78, 5) is 8.83. The van der Waals surface area contributed by atoms with Crippen LogP contribution in [0.2, 0.25) is 0 Å². The third-order valence-electron chi connectivity index (χ3n) is 4.21. The number of pyridine rings is 2. The van der Waals surface area contributed by atoms with E-state index in [2.05, 4.69) is 48.2 Å². The van der Waals surface area contributed by atoms with Crippen molar-refractivity contribution in [3.8, 4) is 0 Å². The minimum atomic E-state index is 0.151. The smallest absolute Gasteiger partial charge is 0.0570 e. The zero-order valence-electron chi connectivity index (χ0n) is 14.4. The Hall–Kier alpha value is -1.78. The molecule has 2 aromatic rings. The van der Waals surface area contributed by atoms with Crippen molar-refractivity contribution in [1.29, 1.82) is 0 Å². The summed E-state index contributed by atoms with van der Waals surface area (Å²) in [5.41, 5.74) is 9.70. The van der Waals surface area contributed by atoms with E-state index in [4.69, 9.17) is 5.73 Å². The molecular weight excluding hydrogens is 284 g/mol. The van der Waals surface area contributed by atoms with Crippen molar-refractivity contribution >= 4 is 0 Å². The van der Waals surface area contributed by atoms with Gasteiger partial charge in [-0.15, -0.1) is 0 Å². The van der Waals surface area contributed by atoms with Crippen LogP contribution < -0.4 is 11.1 Å². The van der Waals surface area contributed by atoms with Gasteiger partial charge in [0.15, 0.2) is 0 Å². The molecule has 0 aliphatic rings. The molecule has 3 N–H and O–H groups in total. The number of aryl methyl sites for hydroxylation is 1. The number of rotatable bonds is 8. The number of nitrogens with one attached hydrogen (secondary N) is 1. The number of nitrogens with zero attached hydrogens (tertiary/aromatic N) is 2. The van der Waals surface area contributed by atoms with Gasteiger partial charge in [0, 0.05) is 42.6 Å². The van der Waals surface area contributed by atoms with Gasteiger partial charge in [0.1, 0.15) is 0 Å². The Labute approximate surface area is 139 Å². The lowest BCUT2D eigenvalue weighted by Crippen LogP contribution is -2.32. The van der Waals surface area contributed by atoms with Crippen LogP contribution in [-0.2, 0) is 6.42 Å². The molecule has 2 rings (SSSR count). The van der Waals surface area contributed by atoms with Crippen molar-refractivity contribution in [2.24, 2.45) is 5.73 Å². The Balaban J connectivity index is 1.75. The molecule has 3 atom stereocenters. The van der Waals surface area contributed by atoms with Crippen LogP contribution in [0.25, 0.3) is 0 Å². The highest BCUT2D eigenvalue weighted by Gasteiger charge is 2.13. The fourth-order valence-corrected chi connectivity index (χ4v) is 2.77. The summed E-state index contributed by atoms with van der Waals surface area (Å²) in [6, 6.07) is 10.9. The molecule has 2 aromatic heterocycles. The average molecular weight is 312 g/mol. The molecule has 0 aliphatic carbocycles. The van der Waals surface area contributed by atoms with Gasteiger partial charge in [-0.2, -0.15) is 0 Å². The van der Waals surface area contributed by atoms with Crippen LogP contribution in [-0.4, -0.2) is 22.1 Å². The summed E-state index contributed by atoms with van der Waals surface area (Å²) in [6.07, 6.45) is 6.55. The maximum Gasteiger partial charge on any atom is 0.0570 e. The quantitative estimate of drug-likeness (QED) is 0.786. The minimum Gasteiger partial charge on any atom is -0.327 e. The summed E-state index contributed by atoms with van der Waals surface area (Å²) >= 11 is 0. The number of hydrogen-bond acceptors (Lipinski definition) is 4. The van der Waals surface area contributed by atoms with Crippen LogP contribution in [0.1, 0.15) is 49.7 Å². The molecule has 0 aromatic carbocycles. The predicted molar refractivity (Wildman–Crippen MR) is 95.1 cm³/mol. The molecular formula is C19H28N4. The Morgan fingerprint density at radius 3 is 2.52 bits per heavy atom. The van der Waals surface area contributed by atoms with Crippen molar-refractivity contribution in [2.45, 2.75) is 58.2 Å². The van der Waals surface area contributed by atoms with Gasteiger partial charge in [0.2, 0.25) is 0 Å². The van der Waals surface area contributed by atoms with Crippen LogP contribution in [0.5, 0.6) is 0 Å². The fraction of sp³-hybridized carbons (Fsp3) is 0.474. The lowest BCUT2D eigenvalue weighted by molar-refractivity contribution is 0.421. The largest absolute Gasteiger partial charge is 0.327 e. The molecule has 0 aliphatic heterocycles. The number of aromatic nitrogens is 2. The Morgan fingerprint density at radius 2 is 1.83 bits per heavy atom. The molecule has 124 valence electrons. The van der Waals surface area contributed by atoms with Crippen molar-refractivity contribution in [3.05, 3.63) is 59.7 Å². The second kappa shape index (κ2) is 8.75. The van der Waals surface area contributed by atoms with Gasteiger partial charge in [-0.05, 0) is 57.4 Å². The zero-order chi connectivity index (χ0) is 16.7. The fourth-order valence-electron chi connectivity index (χ4n) is 2.77. The van der Waals surface area contributed by atoms with Crippen molar-refractivity contribution in [1.82, 2.24) is 15.3 Å². The molecule has 0 saturated heterocycles. The molecule has 0 amide bonds. The zero-order valence-corrected chi connectivity index (χ0v) is 14.4. The summed E-state index contributed by atoms with van der Waals surface area (Å²) in [5.74, 6) is 0. The molecule has 3 unspecified atom stereocenters. The van der Waals surface area contributed by atoms with E-state index in [9.17, 15) is 0 Å². The molecule has 2 heterocycles. The molecule has 0 bridgehead atoms. The van der Waals surface area contributed by atoms with Crippen molar-refractivity contribution in [2.75, 3.05) is 0 Å². The third-order valence-corrected chi connectivity index (χ3v) is 4.21. The number of nitrogens with two attached hydrogens (primary N) is 1. The van der Waals surface area contributed by atoms with Gasteiger partial charge in [-0.1, -0.05) is 12.1 Å². The Kier molecular flexibility index (Phi) is 6.68. The number of hydrogen-bond donors (Lipinski definition) is 2. The van der Waals surface area contributed by atoms with E-state index in [0.29, 0.717) is 6.04 Å². The topological polar surface area (TPSA) is 63.8 Å². The normalized spacial score (nSPS) is 15.1. The molecule has 4 nitrogen and oxygen atoms in total.